The van der Waals surface area contributed by atoms with Gasteiger partial charge in [0, 0.05) is 13.2 Å². The van der Waals surface area contributed by atoms with Gasteiger partial charge >= 0.3 is 11.8 Å². The maximum Gasteiger partial charge on any atom is 0.422 e. The number of ether oxygens (including phenoxy) is 1. The van der Waals surface area contributed by atoms with Crippen molar-refractivity contribution in [3.63, 3.8) is 0 Å². The van der Waals surface area contributed by atoms with Crippen LogP contribution in [0, 0.1) is 0 Å². The van der Waals surface area contributed by atoms with Gasteiger partial charge in [-0.2, -0.15) is 4.98 Å². The van der Waals surface area contributed by atoms with Crippen LogP contribution in [0.25, 0.3) is 0 Å². The molecule has 94 valence electrons. The van der Waals surface area contributed by atoms with Crippen molar-refractivity contribution in [3.05, 3.63) is 22.7 Å². The number of rotatable bonds is 2. The number of hydrazine groups is 1. The van der Waals surface area contributed by atoms with Crippen molar-refractivity contribution in [2.45, 2.75) is 26.4 Å². The molecule has 7 heteroatoms. The highest BCUT2D eigenvalue weighted by molar-refractivity contribution is 5.70. The Morgan fingerprint density at radius 3 is 2.59 bits per heavy atom. The Morgan fingerprint density at radius 1 is 1.47 bits per heavy atom. The molecular weight excluding hydrogens is 224 g/mol. The van der Waals surface area contributed by atoms with Crippen molar-refractivity contribution >= 4 is 11.9 Å². The van der Waals surface area contributed by atoms with E-state index in [2.05, 4.69) is 15.8 Å². The SMILES string of the molecule is CNNc1ccn(C(=O)OC(C)(C)C)c(=O)n1. The molecule has 1 aromatic heterocycles. The summed E-state index contributed by atoms with van der Waals surface area (Å²) in [7, 11) is 1.64. The standard InChI is InChI=1S/C10H16N4O3/c1-10(2,3)17-9(16)14-6-5-7(13-11-4)12-8(14)15/h5-6,11H,1-4H3,(H,12,13,15). The summed E-state index contributed by atoms with van der Waals surface area (Å²) in [5.74, 6) is 0.331. The van der Waals surface area contributed by atoms with Crippen molar-refractivity contribution in [1.29, 1.82) is 0 Å². The van der Waals surface area contributed by atoms with Crippen LogP contribution in [0.4, 0.5) is 10.6 Å². The number of nitrogens with one attached hydrogen (secondary N) is 2. The van der Waals surface area contributed by atoms with E-state index in [1.54, 1.807) is 27.8 Å². The van der Waals surface area contributed by atoms with Gasteiger partial charge in [-0.25, -0.2) is 19.6 Å². The Labute approximate surface area is 98.8 Å². The van der Waals surface area contributed by atoms with Gasteiger partial charge in [0.2, 0.25) is 0 Å². The molecule has 0 fully saturated rings. The number of carbonyl (C=O) groups excluding carboxylic acids is 1. The molecule has 0 aliphatic rings. The summed E-state index contributed by atoms with van der Waals surface area (Å²) in [4.78, 5) is 26.8. The zero-order valence-corrected chi connectivity index (χ0v) is 10.3. The summed E-state index contributed by atoms with van der Waals surface area (Å²) in [6.07, 6.45) is 0.564. The van der Waals surface area contributed by atoms with Crippen LogP contribution in [0.3, 0.4) is 0 Å². The number of aromatic nitrogens is 2. The highest BCUT2D eigenvalue weighted by Gasteiger charge is 2.18. The molecule has 2 N–H and O–H groups in total. The number of anilines is 1. The lowest BCUT2D eigenvalue weighted by Crippen LogP contribution is -2.35. The second-order valence-electron chi connectivity index (χ2n) is 4.32. The minimum atomic E-state index is -0.744. The minimum absolute atomic E-state index is 0.331. The minimum Gasteiger partial charge on any atom is -0.443 e. The van der Waals surface area contributed by atoms with Crippen LogP contribution in [0.2, 0.25) is 0 Å². The Morgan fingerprint density at radius 2 is 2.12 bits per heavy atom. The molecule has 0 aliphatic carbocycles. The first-order chi connectivity index (χ1) is 7.83. The van der Waals surface area contributed by atoms with E-state index in [0.717, 1.165) is 4.57 Å². The summed E-state index contributed by atoms with van der Waals surface area (Å²) in [6.45, 7) is 5.17. The molecule has 0 saturated heterocycles. The van der Waals surface area contributed by atoms with E-state index < -0.39 is 17.4 Å². The fourth-order valence-electron chi connectivity index (χ4n) is 1.05. The molecule has 0 spiro atoms. The van der Waals surface area contributed by atoms with Crippen molar-refractivity contribution in [1.82, 2.24) is 15.0 Å². The fraction of sp³-hybridized carbons (Fsp3) is 0.500. The molecule has 0 aromatic carbocycles. The first kappa shape index (κ1) is 13.2. The van der Waals surface area contributed by atoms with E-state index in [1.165, 1.54) is 12.3 Å². The van der Waals surface area contributed by atoms with Crippen LogP contribution in [-0.2, 0) is 4.74 Å². The molecule has 1 aromatic rings. The number of hydrogen-bond donors (Lipinski definition) is 2. The fourth-order valence-corrected chi connectivity index (χ4v) is 1.05. The Bertz CT molecular complexity index is 461. The topological polar surface area (TPSA) is 85.3 Å². The smallest absolute Gasteiger partial charge is 0.422 e. The third-order valence-electron chi connectivity index (χ3n) is 1.65. The number of carbonyl (C=O) groups is 1. The monoisotopic (exact) mass is 240 g/mol. The van der Waals surface area contributed by atoms with Crippen molar-refractivity contribution in [3.8, 4) is 0 Å². The lowest BCUT2D eigenvalue weighted by Gasteiger charge is -2.19. The van der Waals surface area contributed by atoms with Crippen LogP contribution >= 0.6 is 0 Å². The molecular formula is C10H16N4O3. The third kappa shape index (κ3) is 3.87. The van der Waals surface area contributed by atoms with Gasteiger partial charge in [-0.1, -0.05) is 0 Å². The zero-order chi connectivity index (χ0) is 13.1. The Balaban J connectivity index is 2.93. The van der Waals surface area contributed by atoms with E-state index in [0.29, 0.717) is 5.82 Å². The van der Waals surface area contributed by atoms with Gasteiger partial charge in [-0.3, -0.25) is 0 Å². The van der Waals surface area contributed by atoms with Crippen LogP contribution in [0.1, 0.15) is 20.8 Å². The largest absolute Gasteiger partial charge is 0.443 e. The highest BCUT2D eigenvalue weighted by atomic mass is 16.6. The summed E-state index contributed by atoms with van der Waals surface area (Å²) < 4.78 is 5.86. The molecule has 0 bridgehead atoms. The highest BCUT2D eigenvalue weighted by Crippen LogP contribution is 2.08. The molecule has 0 unspecified atom stereocenters. The van der Waals surface area contributed by atoms with E-state index in [-0.39, 0.29) is 0 Å². The second-order valence-corrected chi connectivity index (χ2v) is 4.32. The van der Waals surface area contributed by atoms with Gasteiger partial charge in [-0.05, 0) is 26.8 Å². The summed E-state index contributed by atoms with van der Waals surface area (Å²) in [5.41, 5.74) is 3.91. The van der Waals surface area contributed by atoms with E-state index in [4.69, 9.17) is 4.74 Å². The Kier molecular flexibility index (Phi) is 3.84. The normalized spacial score (nSPS) is 11.1. The quantitative estimate of drug-likeness (QED) is 0.735. The predicted molar refractivity (Wildman–Crippen MR) is 62.8 cm³/mol. The molecule has 7 nitrogen and oxygen atoms in total. The van der Waals surface area contributed by atoms with E-state index >= 15 is 0 Å². The first-order valence-corrected chi connectivity index (χ1v) is 5.09. The molecule has 0 aliphatic heterocycles. The molecule has 17 heavy (non-hydrogen) atoms. The maximum atomic E-state index is 11.6. The van der Waals surface area contributed by atoms with Gasteiger partial charge in [0.25, 0.3) is 0 Å². The first-order valence-electron chi connectivity index (χ1n) is 5.09. The average molecular weight is 240 g/mol. The number of nitrogens with zero attached hydrogens (tertiary/aromatic N) is 2. The molecule has 1 rings (SSSR count). The van der Waals surface area contributed by atoms with Crippen LogP contribution < -0.4 is 16.5 Å². The maximum absolute atomic E-state index is 11.6. The lowest BCUT2D eigenvalue weighted by molar-refractivity contribution is 0.0528. The van der Waals surface area contributed by atoms with Crippen molar-refractivity contribution in [2.24, 2.45) is 0 Å². The van der Waals surface area contributed by atoms with Crippen LogP contribution in [-0.4, -0.2) is 28.3 Å². The lowest BCUT2D eigenvalue weighted by atomic mass is 10.2. The van der Waals surface area contributed by atoms with Gasteiger partial charge in [0.15, 0.2) is 0 Å². The average Bonchev–Trinajstić information content (AvgIpc) is 2.15. The summed E-state index contributed by atoms with van der Waals surface area (Å²) in [5, 5.41) is 0. The zero-order valence-electron chi connectivity index (χ0n) is 10.3. The molecule has 0 radical (unpaired) electrons. The molecule has 0 saturated carbocycles. The Hall–Kier alpha value is -1.89. The predicted octanol–water partition coefficient (Wildman–Crippen LogP) is 0.573. The van der Waals surface area contributed by atoms with Gasteiger partial charge in [0.1, 0.15) is 11.4 Å². The van der Waals surface area contributed by atoms with Crippen LogP contribution in [0.15, 0.2) is 17.1 Å². The molecule has 1 heterocycles. The van der Waals surface area contributed by atoms with Gasteiger partial charge in [-0.15, -0.1) is 0 Å². The summed E-state index contributed by atoms with van der Waals surface area (Å²) >= 11 is 0. The molecule has 0 atom stereocenters. The van der Waals surface area contributed by atoms with E-state index in [1.807, 2.05) is 0 Å². The summed E-state index contributed by atoms with van der Waals surface area (Å²) in [6, 6.07) is 1.49. The van der Waals surface area contributed by atoms with Crippen molar-refractivity contribution in [2.75, 3.05) is 12.5 Å². The molecule has 0 amide bonds. The van der Waals surface area contributed by atoms with Crippen LogP contribution in [0.5, 0.6) is 0 Å². The number of hydrogen-bond acceptors (Lipinski definition) is 6. The van der Waals surface area contributed by atoms with Gasteiger partial charge < -0.3 is 10.2 Å². The van der Waals surface area contributed by atoms with E-state index in [9.17, 15) is 9.59 Å². The second kappa shape index (κ2) is 4.96. The third-order valence-corrected chi connectivity index (χ3v) is 1.65. The van der Waals surface area contributed by atoms with Crippen molar-refractivity contribution < 1.29 is 9.53 Å². The van der Waals surface area contributed by atoms with Gasteiger partial charge in [0.05, 0.1) is 0 Å².